The van der Waals surface area contributed by atoms with Crippen molar-refractivity contribution in [3.8, 4) is 11.5 Å². The van der Waals surface area contributed by atoms with Crippen LogP contribution in [0.4, 0.5) is 22.9 Å². The summed E-state index contributed by atoms with van der Waals surface area (Å²) in [5.41, 5.74) is 3.01. The Morgan fingerprint density at radius 2 is 1.91 bits per heavy atom. The van der Waals surface area contributed by atoms with Crippen molar-refractivity contribution >= 4 is 52.0 Å². The molecule has 2 heterocycles. The molecule has 4 rings (SSSR count). The number of hydrogen-bond donors (Lipinski definition) is 3. The molecule has 0 fully saturated rings. The number of rotatable bonds is 9. The molecule has 0 saturated carbocycles. The molecule has 2 aromatic carbocycles. The molecule has 0 unspecified atom stereocenters. The van der Waals surface area contributed by atoms with Gasteiger partial charge in [-0.15, -0.1) is 0 Å². The lowest BCUT2D eigenvalue weighted by atomic mass is 10.2. The number of pyridine rings is 1. The molecule has 0 saturated heterocycles. The number of para-hydroxylation sites is 2. The number of aromatic nitrogens is 2. The predicted molar refractivity (Wildman–Crippen MR) is 134 cm³/mol. The predicted octanol–water partition coefficient (Wildman–Crippen LogP) is 5.52. The van der Waals surface area contributed by atoms with Crippen LogP contribution in [0.3, 0.4) is 0 Å². The first-order valence-electron chi connectivity index (χ1n) is 10.1. The smallest absolute Gasteiger partial charge is 0.247 e. The number of methoxy groups -OCH3 is 1. The van der Waals surface area contributed by atoms with Crippen LogP contribution in [0.1, 0.15) is 0 Å². The minimum Gasteiger partial charge on any atom is -0.497 e. The maximum Gasteiger partial charge on any atom is 0.247 e. The molecule has 0 bridgehead atoms. The van der Waals surface area contributed by atoms with E-state index in [2.05, 4.69) is 27.2 Å². The van der Waals surface area contributed by atoms with Gasteiger partial charge in [0.05, 0.1) is 24.2 Å². The summed E-state index contributed by atoms with van der Waals surface area (Å²) in [5, 5.41) is 6.98. The first kappa shape index (κ1) is 22.1. The Labute approximate surface area is 196 Å². The molecule has 8 nitrogen and oxygen atoms in total. The van der Waals surface area contributed by atoms with Crippen molar-refractivity contribution in [2.75, 3.05) is 29.1 Å². The summed E-state index contributed by atoms with van der Waals surface area (Å²) in [5.74, 6) is 1.79. The van der Waals surface area contributed by atoms with Gasteiger partial charge in [-0.2, -0.15) is 0 Å². The van der Waals surface area contributed by atoms with Crippen LogP contribution in [0.25, 0.3) is 11.0 Å². The highest BCUT2D eigenvalue weighted by molar-refractivity contribution is 7.96. The summed E-state index contributed by atoms with van der Waals surface area (Å²) >= 11 is 1.20. The fourth-order valence-corrected chi connectivity index (χ4v) is 3.67. The maximum atomic E-state index is 11.7. The third-order valence-corrected chi connectivity index (χ3v) is 5.46. The molecule has 2 aromatic heterocycles. The van der Waals surface area contributed by atoms with E-state index in [-0.39, 0.29) is 5.91 Å². The van der Waals surface area contributed by atoms with Crippen LogP contribution >= 0.6 is 12.2 Å². The zero-order valence-corrected chi connectivity index (χ0v) is 19.0. The van der Waals surface area contributed by atoms with E-state index < -0.39 is 0 Å². The summed E-state index contributed by atoms with van der Waals surface area (Å²) in [6.07, 6.45) is 3.11. The first-order valence-corrected chi connectivity index (χ1v) is 10.8. The fourth-order valence-electron chi connectivity index (χ4n) is 3.14. The Morgan fingerprint density at radius 1 is 1.12 bits per heavy atom. The Kier molecular flexibility index (Phi) is 6.70. The van der Waals surface area contributed by atoms with E-state index in [4.69, 9.17) is 8.92 Å². The van der Waals surface area contributed by atoms with Crippen LogP contribution < -0.4 is 23.9 Å². The normalized spacial score (nSPS) is 10.5. The number of amides is 1. The van der Waals surface area contributed by atoms with Crippen LogP contribution in [0.15, 0.2) is 79.5 Å². The summed E-state index contributed by atoms with van der Waals surface area (Å²) in [7, 11) is 3.54. The second-order valence-corrected chi connectivity index (χ2v) is 7.83. The van der Waals surface area contributed by atoms with E-state index in [1.807, 2.05) is 78.2 Å². The Hall–Kier alpha value is -4.11. The quantitative estimate of drug-likeness (QED) is 0.172. The van der Waals surface area contributed by atoms with Gasteiger partial charge >= 0.3 is 0 Å². The van der Waals surface area contributed by atoms with Crippen LogP contribution in [-0.2, 0) is 4.79 Å². The zero-order valence-electron chi connectivity index (χ0n) is 18.2. The topological polar surface area (TPSA) is 91.5 Å². The highest BCUT2D eigenvalue weighted by Crippen LogP contribution is 2.32. The molecule has 1 amide bonds. The molecular formula is C24H23N5O3S. The van der Waals surface area contributed by atoms with Gasteiger partial charge in [0.25, 0.3) is 0 Å². The lowest BCUT2D eigenvalue weighted by molar-refractivity contribution is -0.111. The van der Waals surface area contributed by atoms with Crippen molar-refractivity contribution in [2.45, 2.75) is 0 Å². The molecule has 0 spiro atoms. The van der Waals surface area contributed by atoms with Crippen molar-refractivity contribution < 1.29 is 13.7 Å². The van der Waals surface area contributed by atoms with E-state index in [1.54, 1.807) is 7.11 Å². The highest BCUT2D eigenvalue weighted by Gasteiger charge is 2.13. The van der Waals surface area contributed by atoms with Gasteiger partial charge in [0.15, 0.2) is 12.2 Å². The van der Waals surface area contributed by atoms with Gasteiger partial charge in [0, 0.05) is 24.7 Å². The number of anilines is 4. The largest absolute Gasteiger partial charge is 0.497 e. The summed E-state index contributed by atoms with van der Waals surface area (Å²) < 4.78 is 13.0. The average molecular weight is 462 g/mol. The monoisotopic (exact) mass is 461 g/mol. The van der Waals surface area contributed by atoms with Crippen LogP contribution in [-0.4, -0.2) is 30.0 Å². The average Bonchev–Trinajstić information content (AvgIpc) is 3.27. The number of hydrogen-bond acceptors (Lipinski definition) is 7. The van der Waals surface area contributed by atoms with Gasteiger partial charge in [0.1, 0.15) is 23.0 Å². The second kappa shape index (κ2) is 10.0. The molecule has 3 N–H and O–H groups in total. The number of aromatic amines is 1. The van der Waals surface area contributed by atoms with Crippen molar-refractivity contribution in [3.05, 3.63) is 79.5 Å². The lowest BCUT2D eigenvalue weighted by Gasteiger charge is -2.16. The van der Waals surface area contributed by atoms with E-state index in [9.17, 15) is 4.79 Å². The molecule has 0 aliphatic carbocycles. The van der Waals surface area contributed by atoms with Gasteiger partial charge in [-0.05, 0) is 42.5 Å². The van der Waals surface area contributed by atoms with E-state index in [0.717, 1.165) is 28.2 Å². The minimum atomic E-state index is -0.279. The number of ether oxygens (including phenoxy) is 1. The van der Waals surface area contributed by atoms with Crippen LogP contribution in [0.2, 0.25) is 0 Å². The number of carbonyl (C=O) groups excluding carboxylic acids is 1. The molecule has 0 aliphatic heterocycles. The standard InChI is InChI=1S/C24H23N5O3S/c1-4-23(30)27-20-11-6-5-10-19(20)26-22-13-12-18-21(15-25-24(18)28-22)29(2)33-32-17-9-7-8-16(14-17)31-3/h4-15H,1H2,2-3H3,(H,27,30)(H2,25,26,28). The van der Waals surface area contributed by atoms with E-state index >= 15 is 0 Å². The number of H-pyrrole nitrogens is 1. The Balaban J connectivity index is 1.48. The molecule has 168 valence electrons. The number of carbonyl (C=O) groups is 1. The maximum absolute atomic E-state index is 11.7. The van der Waals surface area contributed by atoms with Crippen molar-refractivity contribution in [3.63, 3.8) is 0 Å². The Bertz CT molecular complexity index is 1290. The highest BCUT2D eigenvalue weighted by atomic mass is 32.2. The van der Waals surface area contributed by atoms with Gasteiger partial charge < -0.3 is 24.5 Å². The molecule has 0 aliphatic rings. The molecule has 33 heavy (non-hydrogen) atoms. The van der Waals surface area contributed by atoms with E-state index in [1.165, 1.54) is 18.3 Å². The summed E-state index contributed by atoms with van der Waals surface area (Å²) in [4.78, 5) is 19.6. The van der Waals surface area contributed by atoms with Gasteiger partial charge in [-0.3, -0.25) is 9.10 Å². The molecule has 9 heteroatoms. The SMILES string of the molecule is C=CC(=O)Nc1ccccc1Nc1ccc2c(N(C)SOc3cccc(OC)c3)c[nH]c2n1. The van der Waals surface area contributed by atoms with E-state index in [0.29, 0.717) is 17.3 Å². The van der Waals surface area contributed by atoms with Crippen molar-refractivity contribution in [1.82, 2.24) is 9.97 Å². The van der Waals surface area contributed by atoms with Crippen molar-refractivity contribution in [1.29, 1.82) is 0 Å². The van der Waals surface area contributed by atoms with Gasteiger partial charge in [-0.1, -0.05) is 24.8 Å². The first-order chi connectivity index (χ1) is 16.1. The lowest BCUT2D eigenvalue weighted by Crippen LogP contribution is -2.09. The van der Waals surface area contributed by atoms with Gasteiger partial charge in [-0.25, -0.2) is 4.98 Å². The summed E-state index contributed by atoms with van der Waals surface area (Å²) in [6, 6.07) is 18.7. The van der Waals surface area contributed by atoms with Crippen LogP contribution in [0, 0.1) is 0 Å². The Morgan fingerprint density at radius 3 is 2.70 bits per heavy atom. The summed E-state index contributed by atoms with van der Waals surface area (Å²) in [6.45, 7) is 3.49. The van der Waals surface area contributed by atoms with Crippen molar-refractivity contribution in [2.24, 2.45) is 0 Å². The number of fused-ring (bicyclic) bond motifs is 1. The zero-order chi connectivity index (χ0) is 23.2. The second-order valence-electron chi connectivity index (χ2n) is 6.96. The third kappa shape index (κ3) is 5.21. The number of benzene rings is 2. The molecular weight excluding hydrogens is 438 g/mol. The number of nitrogens with zero attached hydrogens (tertiary/aromatic N) is 2. The number of nitrogens with one attached hydrogen (secondary N) is 3. The molecule has 0 radical (unpaired) electrons. The van der Waals surface area contributed by atoms with Crippen LogP contribution in [0.5, 0.6) is 11.5 Å². The molecule has 0 atom stereocenters. The molecule has 4 aromatic rings. The fraction of sp³-hybridized carbons (Fsp3) is 0.0833. The minimum absolute atomic E-state index is 0.279. The third-order valence-electron chi connectivity index (χ3n) is 4.78. The van der Waals surface area contributed by atoms with Gasteiger partial charge in [0.2, 0.25) is 5.91 Å².